The Hall–Kier alpha value is -2.09. The number of carbonyl (C=O) groups is 1. The van der Waals surface area contributed by atoms with Gasteiger partial charge in [-0.2, -0.15) is 5.10 Å². The summed E-state index contributed by atoms with van der Waals surface area (Å²) in [5.41, 5.74) is 7.00. The van der Waals surface area contributed by atoms with Crippen molar-refractivity contribution in [2.75, 3.05) is 19.7 Å². The summed E-state index contributed by atoms with van der Waals surface area (Å²) >= 11 is 0. The highest BCUT2D eigenvalue weighted by Gasteiger charge is 2.29. The third-order valence-corrected chi connectivity index (χ3v) is 3.51. The summed E-state index contributed by atoms with van der Waals surface area (Å²) in [4.78, 5) is 14.3. The molecule has 1 unspecified atom stereocenters. The second-order valence-electron chi connectivity index (χ2n) is 4.83. The van der Waals surface area contributed by atoms with Crippen LogP contribution >= 0.6 is 0 Å². The van der Waals surface area contributed by atoms with Crippen LogP contribution in [0.5, 0.6) is 0 Å². The molecule has 116 valence electrons. The van der Waals surface area contributed by atoms with E-state index in [2.05, 4.69) is 10.3 Å². The average molecular weight is 295 g/mol. The summed E-state index contributed by atoms with van der Waals surface area (Å²) < 4.78 is 7.10. The van der Waals surface area contributed by atoms with Crippen LogP contribution in [0.4, 0.5) is 0 Å². The number of nitrogens with two attached hydrogens (primary N) is 1. The van der Waals surface area contributed by atoms with Gasteiger partial charge in [0.15, 0.2) is 5.84 Å². The highest BCUT2D eigenvalue weighted by Crippen LogP contribution is 2.13. The molecule has 2 rings (SSSR count). The van der Waals surface area contributed by atoms with Crippen LogP contribution < -0.4 is 5.73 Å². The predicted molar refractivity (Wildman–Crippen MR) is 76.3 cm³/mol. The predicted octanol–water partition coefficient (Wildman–Crippen LogP) is 0.0528. The van der Waals surface area contributed by atoms with Gasteiger partial charge in [-0.05, 0) is 19.4 Å². The van der Waals surface area contributed by atoms with Gasteiger partial charge < -0.3 is 20.6 Å². The first-order valence-electron chi connectivity index (χ1n) is 7.05. The zero-order chi connectivity index (χ0) is 15.4. The maximum absolute atomic E-state index is 12.6. The van der Waals surface area contributed by atoms with Crippen LogP contribution in [0, 0.1) is 0 Å². The van der Waals surface area contributed by atoms with E-state index in [9.17, 15) is 4.79 Å². The van der Waals surface area contributed by atoms with E-state index in [0.717, 1.165) is 12.1 Å². The second-order valence-corrected chi connectivity index (χ2v) is 4.83. The molecule has 0 saturated carbocycles. The molecule has 1 aliphatic rings. The number of rotatable bonds is 4. The molecular weight excluding hydrogens is 274 g/mol. The molecule has 1 aromatic rings. The van der Waals surface area contributed by atoms with Crippen LogP contribution in [0.3, 0.4) is 0 Å². The van der Waals surface area contributed by atoms with Crippen molar-refractivity contribution in [2.24, 2.45) is 10.9 Å². The van der Waals surface area contributed by atoms with Crippen LogP contribution in [0.25, 0.3) is 0 Å². The number of aromatic nitrogens is 2. The Kier molecular flexibility index (Phi) is 4.79. The first kappa shape index (κ1) is 15.3. The van der Waals surface area contributed by atoms with Crippen LogP contribution in [-0.4, -0.2) is 57.4 Å². The fraction of sp³-hybridized carbons (Fsp3) is 0.615. The number of amides is 1. The van der Waals surface area contributed by atoms with E-state index >= 15 is 0 Å². The third kappa shape index (κ3) is 3.15. The molecule has 1 aliphatic heterocycles. The van der Waals surface area contributed by atoms with Gasteiger partial charge in [-0.25, -0.2) is 0 Å². The van der Waals surface area contributed by atoms with Crippen molar-refractivity contribution in [1.82, 2.24) is 14.7 Å². The topological polar surface area (TPSA) is 106 Å². The Morgan fingerprint density at radius 2 is 2.38 bits per heavy atom. The van der Waals surface area contributed by atoms with Crippen molar-refractivity contribution in [3.05, 3.63) is 17.5 Å². The van der Waals surface area contributed by atoms with Gasteiger partial charge in [0.2, 0.25) is 0 Å². The summed E-state index contributed by atoms with van der Waals surface area (Å²) in [6.07, 6.45) is 0.208. The number of carbonyl (C=O) groups excluding carboxylic acids is 1. The van der Waals surface area contributed by atoms with E-state index in [-0.39, 0.29) is 18.3 Å². The van der Waals surface area contributed by atoms with E-state index < -0.39 is 6.10 Å². The number of morpholine rings is 1. The lowest BCUT2D eigenvalue weighted by atomic mass is 10.2. The lowest BCUT2D eigenvalue weighted by molar-refractivity contribution is 0.00619. The second kappa shape index (κ2) is 6.57. The number of nitrogens with zero attached hydrogens (tertiary/aromatic N) is 4. The smallest absolute Gasteiger partial charge is 0.272 e. The van der Waals surface area contributed by atoms with E-state index in [4.69, 9.17) is 15.7 Å². The minimum atomic E-state index is -0.573. The zero-order valence-electron chi connectivity index (χ0n) is 12.3. The first-order chi connectivity index (χ1) is 10.1. The summed E-state index contributed by atoms with van der Waals surface area (Å²) in [6.45, 7) is 5.68. The number of ether oxygens (including phenoxy) is 1. The summed E-state index contributed by atoms with van der Waals surface area (Å²) in [5.74, 6) is -0.131. The van der Waals surface area contributed by atoms with Crippen LogP contribution in [0.15, 0.2) is 11.2 Å². The Morgan fingerprint density at radius 1 is 1.62 bits per heavy atom. The highest BCUT2D eigenvalue weighted by atomic mass is 16.5. The van der Waals surface area contributed by atoms with Gasteiger partial charge in [0.05, 0.1) is 18.8 Å². The Bertz CT molecular complexity index is 540. The molecule has 1 saturated heterocycles. The van der Waals surface area contributed by atoms with Gasteiger partial charge in [-0.15, -0.1) is 0 Å². The van der Waals surface area contributed by atoms with Gasteiger partial charge in [-0.1, -0.05) is 12.1 Å². The molecule has 8 nitrogen and oxygen atoms in total. The van der Waals surface area contributed by atoms with Gasteiger partial charge in [-0.3, -0.25) is 9.48 Å². The van der Waals surface area contributed by atoms with Gasteiger partial charge in [0, 0.05) is 13.1 Å². The van der Waals surface area contributed by atoms with Crippen molar-refractivity contribution in [1.29, 1.82) is 0 Å². The van der Waals surface area contributed by atoms with Crippen molar-refractivity contribution in [3.8, 4) is 0 Å². The summed E-state index contributed by atoms with van der Waals surface area (Å²) in [7, 11) is 0. The molecule has 1 amide bonds. The standard InChI is InChI=1S/C13H21N5O3/c1-3-9-7-10(18(4-2)15-9)13(19)17-5-6-21-11(8-17)12(14)16-20/h7,11,20H,3-6,8H2,1-2H3,(H2,14,16). The molecule has 0 spiro atoms. The van der Waals surface area contributed by atoms with Gasteiger partial charge in [0.1, 0.15) is 11.8 Å². The Labute approximate surface area is 123 Å². The monoisotopic (exact) mass is 295 g/mol. The third-order valence-electron chi connectivity index (χ3n) is 3.51. The van der Waals surface area contributed by atoms with E-state index in [1.165, 1.54) is 0 Å². The van der Waals surface area contributed by atoms with E-state index in [1.54, 1.807) is 9.58 Å². The Morgan fingerprint density at radius 3 is 3.00 bits per heavy atom. The van der Waals surface area contributed by atoms with Gasteiger partial charge >= 0.3 is 0 Å². The normalized spacial score (nSPS) is 19.8. The highest BCUT2D eigenvalue weighted by molar-refractivity contribution is 5.93. The molecule has 0 bridgehead atoms. The largest absolute Gasteiger partial charge is 0.409 e. The minimum Gasteiger partial charge on any atom is -0.409 e. The lowest BCUT2D eigenvalue weighted by Gasteiger charge is -2.32. The molecule has 21 heavy (non-hydrogen) atoms. The molecule has 2 heterocycles. The van der Waals surface area contributed by atoms with Crippen molar-refractivity contribution in [2.45, 2.75) is 32.9 Å². The molecular formula is C13H21N5O3. The Balaban J connectivity index is 2.17. The molecule has 0 aromatic carbocycles. The van der Waals surface area contributed by atoms with Crippen molar-refractivity contribution >= 4 is 11.7 Å². The lowest BCUT2D eigenvalue weighted by Crippen LogP contribution is -2.50. The fourth-order valence-corrected chi connectivity index (χ4v) is 2.30. The van der Waals surface area contributed by atoms with Crippen LogP contribution in [0.1, 0.15) is 30.0 Å². The van der Waals surface area contributed by atoms with Crippen LogP contribution in [-0.2, 0) is 17.7 Å². The summed E-state index contributed by atoms with van der Waals surface area (Å²) in [5, 5.41) is 16.0. The number of hydrogen-bond acceptors (Lipinski definition) is 5. The SMILES string of the molecule is CCc1cc(C(=O)N2CCOC(C(N)=NO)C2)n(CC)n1. The number of hydrogen-bond donors (Lipinski definition) is 2. The molecule has 1 atom stereocenters. The quantitative estimate of drug-likeness (QED) is 0.353. The molecule has 0 aliphatic carbocycles. The number of aryl methyl sites for hydroxylation is 2. The number of amidine groups is 1. The first-order valence-corrected chi connectivity index (χ1v) is 7.05. The zero-order valence-corrected chi connectivity index (χ0v) is 12.3. The van der Waals surface area contributed by atoms with Gasteiger partial charge in [0.25, 0.3) is 5.91 Å². The number of oxime groups is 1. The average Bonchev–Trinajstić information content (AvgIpc) is 2.96. The maximum atomic E-state index is 12.6. The molecule has 1 aromatic heterocycles. The minimum absolute atomic E-state index is 0.0225. The summed E-state index contributed by atoms with van der Waals surface area (Å²) in [6, 6.07) is 1.82. The molecule has 1 fully saturated rings. The van der Waals surface area contributed by atoms with Crippen molar-refractivity contribution in [3.63, 3.8) is 0 Å². The maximum Gasteiger partial charge on any atom is 0.272 e. The molecule has 0 radical (unpaired) electrons. The van der Waals surface area contributed by atoms with Crippen molar-refractivity contribution < 1.29 is 14.7 Å². The molecule has 8 heteroatoms. The van der Waals surface area contributed by atoms with E-state index in [1.807, 2.05) is 19.9 Å². The fourth-order valence-electron chi connectivity index (χ4n) is 2.30. The van der Waals surface area contributed by atoms with Crippen LogP contribution in [0.2, 0.25) is 0 Å². The van der Waals surface area contributed by atoms with E-state index in [0.29, 0.717) is 25.4 Å². The molecule has 3 N–H and O–H groups in total.